The van der Waals surface area contributed by atoms with E-state index in [1.807, 2.05) is 19.1 Å². The molecule has 0 aromatic heterocycles. The van der Waals surface area contributed by atoms with Gasteiger partial charge in [-0.25, -0.2) is 4.79 Å². The van der Waals surface area contributed by atoms with Crippen LogP contribution in [0.5, 0.6) is 5.75 Å². The first kappa shape index (κ1) is 21.7. The Labute approximate surface area is 164 Å². The lowest BCUT2D eigenvalue weighted by molar-refractivity contribution is -0.0306. The third-order valence-corrected chi connectivity index (χ3v) is 4.15. The topological polar surface area (TPSA) is 97.2 Å². The molecule has 0 fully saturated rings. The molecule has 2 aromatic rings. The molecule has 2 rings (SSSR count). The zero-order chi connectivity index (χ0) is 20.4. The molecule has 2 aromatic carbocycles. The summed E-state index contributed by atoms with van der Waals surface area (Å²) in [6.07, 6.45) is -1.54. The van der Waals surface area contributed by atoms with Gasteiger partial charge in [-0.1, -0.05) is 29.8 Å². The van der Waals surface area contributed by atoms with Gasteiger partial charge in [-0.2, -0.15) is 0 Å². The molecule has 0 aliphatic heterocycles. The maximum atomic E-state index is 12.4. The normalized spacial score (nSPS) is 12.9. The Balaban J connectivity index is 2.14. The molecular formula is C21H27NO6. The summed E-state index contributed by atoms with van der Waals surface area (Å²) >= 11 is 0. The molecule has 3 N–H and O–H groups in total. The fraction of sp³-hybridized carbons (Fsp3) is 0.381. The number of methoxy groups -OCH3 is 1. The van der Waals surface area contributed by atoms with Crippen LogP contribution in [0, 0.1) is 6.92 Å². The highest BCUT2D eigenvalue weighted by molar-refractivity contribution is 5.84. The Bertz CT molecular complexity index is 717. The van der Waals surface area contributed by atoms with Gasteiger partial charge in [-0.15, -0.1) is 0 Å². The Morgan fingerprint density at radius 2 is 1.71 bits per heavy atom. The molecule has 0 bridgehead atoms. The Kier molecular flexibility index (Phi) is 8.74. The number of hydrogen-bond acceptors (Lipinski definition) is 6. The number of carbonyl (C=O) groups is 1. The lowest BCUT2D eigenvalue weighted by Gasteiger charge is -2.26. The van der Waals surface area contributed by atoms with E-state index < -0.39 is 18.3 Å². The van der Waals surface area contributed by atoms with Crippen molar-refractivity contribution < 1.29 is 29.2 Å². The van der Waals surface area contributed by atoms with Gasteiger partial charge in [-0.05, 0) is 36.8 Å². The van der Waals surface area contributed by atoms with E-state index in [9.17, 15) is 9.90 Å². The molecule has 0 saturated heterocycles. The summed E-state index contributed by atoms with van der Waals surface area (Å²) in [5.41, 5.74) is 2.41. The zero-order valence-corrected chi connectivity index (χ0v) is 16.1. The molecule has 1 amide bonds. The lowest BCUT2D eigenvalue weighted by Crippen LogP contribution is -2.28. The number of carbonyl (C=O) groups excluding carboxylic acids is 1. The van der Waals surface area contributed by atoms with E-state index in [2.05, 4.69) is 5.32 Å². The predicted molar refractivity (Wildman–Crippen MR) is 106 cm³/mol. The van der Waals surface area contributed by atoms with Crippen LogP contribution in [0.15, 0.2) is 48.5 Å². The molecule has 0 saturated carbocycles. The van der Waals surface area contributed by atoms with E-state index in [0.29, 0.717) is 23.4 Å². The van der Waals surface area contributed by atoms with Gasteiger partial charge in [-0.3, -0.25) is 5.32 Å². The van der Waals surface area contributed by atoms with Gasteiger partial charge in [0.1, 0.15) is 18.5 Å². The van der Waals surface area contributed by atoms with Gasteiger partial charge in [0.05, 0.1) is 6.61 Å². The van der Waals surface area contributed by atoms with Crippen LogP contribution in [0.1, 0.15) is 23.7 Å². The quantitative estimate of drug-likeness (QED) is 0.578. The monoisotopic (exact) mass is 389 g/mol. The fourth-order valence-electron chi connectivity index (χ4n) is 2.70. The number of anilines is 1. The van der Waals surface area contributed by atoms with E-state index in [0.717, 1.165) is 5.56 Å². The summed E-state index contributed by atoms with van der Waals surface area (Å²) in [4.78, 5) is 12.4. The number of aliphatic hydroxyl groups is 2. The average molecular weight is 389 g/mol. The van der Waals surface area contributed by atoms with Crippen molar-refractivity contribution in [1.29, 1.82) is 0 Å². The van der Waals surface area contributed by atoms with Crippen LogP contribution >= 0.6 is 0 Å². The Morgan fingerprint density at radius 1 is 1.04 bits per heavy atom. The summed E-state index contributed by atoms with van der Waals surface area (Å²) < 4.78 is 16.4. The van der Waals surface area contributed by atoms with Crippen LogP contribution < -0.4 is 10.1 Å². The number of aryl methyl sites for hydroxylation is 1. The number of nitrogens with one attached hydrogen (secondary N) is 1. The second-order valence-electron chi connectivity index (χ2n) is 6.24. The SMILES string of the molecule is CO[C@H](CCO)[C@H](OC(=O)Nc1ccc(C)cc1)c1ccc(OCCO)cc1. The highest BCUT2D eigenvalue weighted by atomic mass is 16.6. The predicted octanol–water partition coefficient (Wildman–Crippen LogP) is 3.05. The zero-order valence-electron chi connectivity index (χ0n) is 16.1. The first-order chi connectivity index (χ1) is 13.6. The van der Waals surface area contributed by atoms with Gasteiger partial charge in [0, 0.05) is 25.8 Å². The first-order valence-corrected chi connectivity index (χ1v) is 9.09. The molecule has 152 valence electrons. The van der Waals surface area contributed by atoms with Crippen molar-refractivity contribution in [2.45, 2.75) is 25.6 Å². The molecular weight excluding hydrogens is 362 g/mol. The van der Waals surface area contributed by atoms with Crippen molar-refractivity contribution in [2.24, 2.45) is 0 Å². The van der Waals surface area contributed by atoms with Crippen LogP contribution in [0.4, 0.5) is 10.5 Å². The summed E-state index contributed by atoms with van der Waals surface area (Å²) in [6.45, 7) is 1.98. The van der Waals surface area contributed by atoms with E-state index >= 15 is 0 Å². The molecule has 7 heteroatoms. The minimum atomic E-state index is -0.713. The van der Waals surface area contributed by atoms with Crippen LogP contribution in [0.25, 0.3) is 0 Å². The number of aliphatic hydroxyl groups excluding tert-OH is 2. The second kappa shape index (κ2) is 11.3. The first-order valence-electron chi connectivity index (χ1n) is 9.09. The Morgan fingerprint density at radius 3 is 2.29 bits per heavy atom. The molecule has 2 atom stereocenters. The average Bonchev–Trinajstić information content (AvgIpc) is 2.71. The van der Waals surface area contributed by atoms with E-state index in [1.165, 1.54) is 7.11 Å². The van der Waals surface area contributed by atoms with Crippen LogP contribution in [0.2, 0.25) is 0 Å². The molecule has 0 spiro atoms. The number of ether oxygens (including phenoxy) is 3. The summed E-state index contributed by atoms with van der Waals surface area (Å²) in [7, 11) is 1.51. The molecule has 7 nitrogen and oxygen atoms in total. The fourth-order valence-corrected chi connectivity index (χ4v) is 2.70. The minimum absolute atomic E-state index is 0.0745. The van der Waals surface area contributed by atoms with Crippen LogP contribution in [-0.2, 0) is 9.47 Å². The van der Waals surface area contributed by atoms with Crippen LogP contribution in [-0.4, -0.2) is 49.3 Å². The smallest absolute Gasteiger partial charge is 0.412 e. The summed E-state index contributed by atoms with van der Waals surface area (Å²) in [5, 5.41) is 20.9. The highest BCUT2D eigenvalue weighted by Crippen LogP contribution is 2.28. The Hall–Kier alpha value is -2.61. The van der Waals surface area contributed by atoms with Gasteiger partial charge >= 0.3 is 6.09 Å². The number of benzene rings is 2. The molecule has 0 unspecified atom stereocenters. The minimum Gasteiger partial charge on any atom is -0.491 e. The molecule has 0 radical (unpaired) electrons. The van der Waals surface area contributed by atoms with E-state index in [-0.39, 0.29) is 19.8 Å². The van der Waals surface area contributed by atoms with Gasteiger partial charge in [0.15, 0.2) is 6.10 Å². The molecule has 0 heterocycles. The number of rotatable bonds is 10. The summed E-state index contributed by atoms with van der Waals surface area (Å²) in [6, 6.07) is 14.3. The van der Waals surface area contributed by atoms with E-state index in [4.69, 9.17) is 19.3 Å². The lowest BCUT2D eigenvalue weighted by atomic mass is 10.0. The van der Waals surface area contributed by atoms with Crippen molar-refractivity contribution in [3.8, 4) is 5.75 Å². The summed E-state index contributed by atoms with van der Waals surface area (Å²) in [5.74, 6) is 0.594. The van der Waals surface area contributed by atoms with Crippen molar-refractivity contribution in [1.82, 2.24) is 0 Å². The third-order valence-electron chi connectivity index (χ3n) is 4.15. The second-order valence-corrected chi connectivity index (χ2v) is 6.24. The van der Waals surface area contributed by atoms with Gasteiger partial charge in [0.25, 0.3) is 0 Å². The van der Waals surface area contributed by atoms with Crippen molar-refractivity contribution in [2.75, 3.05) is 32.2 Å². The number of amides is 1. The largest absolute Gasteiger partial charge is 0.491 e. The molecule has 0 aliphatic carbocycles. The van der Waals surface area contributed by atoms with Gasteiger partial charge < -0.3 is 24.4 Å². The maximum Gasteiger partial charge on any atom is 0.412 e. The highest BCUT2D eigenvalue weighted by Gasteiger charge is 2.27. The van der Waals surface area contributed by atoms with E-state index in [1.54, 1.807) is 36.4 Å². The molecule has 0 aliphatic rings. The van der Waals surface area contributed by atoms with Gasteiger partial charge in [0.2, 0.25) is 0 Å². The van der Waals surface area contributed by atoms with Crippen molar-refractivity contribution in [3.63, 3.8) is 0 Å². The van der Waals surface area contributed by atoms with Crippen LogP contribution in [0.3, 0.4) is 0 Å². The van der Waals surface area contributed by atoms with Crippen molar-refractivity contribution >= 4 is 11.8 Å². The third kappa shape index (κ3) is 6.53. The maximum absolute atomic E-state index is 12.4. The van der Waals surface area contributed by atoms with Crippen molar-refractivity contribution in [3.05, 3.63) is 59.7 Å². The standard InChI is InChI=1S/C21H27NO6/c1-15-3-7-17(8-4-15)22-21(25)28-20(19(26-2)11-12-23)16-5-9-18(10-6-16)27-14-13-24/h3-10,19-20,23-24H,11-14H2,1-2H3,(H,22,25)/t19-,20-/m1/s1. The number of hydrogen-bond donors (Lipinski definition) is 3. The molecule has 28 heavy (non-hydrogen) atoms.